The van der Waals surface area contributed by atoms with Crippen molar-refractivity contribution < 1.29 is 8.83 Å². The Bertz CT molecular complexity index is 2960. The molecule has 3 nitrogen and oxygen atoms in total. The molecule has 0 spiro atoms. The monoisotopic (exact) mass is 627 g/mol. The zero-order chi connectivity index (χ0) is 32.1. The molecule has 11 rings (SSSR count). The molecule has 2 aliphatic rings. The Labute approximate surface area is 282 Å². The van der Waals surface area contributed by atoms with E-state index >= 15 is 0 Å². The topological polar surface area (TPSA) is 31.2 Å². The van der Waals surface area contributed by atoms with Crippen LogP contribution in [-0.4, -0.2) is 4.57 Å². The van der Waals surface area contributed by atoms with Crippen LogP contribution in [0.2, 0.25) is 0 Å². The van der Waals surface area contributed by atoms with E-state index in [0.29, 0.717) is 5.92 Å². The van der Waals surface area contributed by atoms with Crippen molar-refractivity contribution >= 4 is 76.8 Å². The third-order valence-electron chi connectivity index (χ3n) is 10.5. The van der Waals surface area contributed by atoms with Crippen molar-refractivity contribution in [2.24, 2.45) is 5.92 Å². The van der Waals surface area contributed by atoms with E-state index in [2.05, 4.69) is 156 Å². The molecule has 0 radical (unpaired) electrons. The number of fused-ring (bicyclic) bond motifs is 11. The standard InChI is InChI=1S/C46H29NO2/c1-2-11-28(12-3-1)39-26-30(25-29-13-4-5-14-32(29)39)33-17-10-20-42-44(33)38-22-21-31(27-43(38)48-42)47-40-18-8-6-15-34(40)36-23-24-37-35-16-7-9-19-41(35)49-46(37)45(36)47/h1-24,26-27,29H,25H2. The summed E-state index contributed by atoms with van der Waals surface area (Å²) in [5.41, 5.74) is 13.3. The molecule has 0 N–H and O–H groups in total. The lowest BCUT2D eigenvalue weighted by Gasteiger charge is -2.27. The highest BCUT2D eigenvalue weighted by atomic mass is 16.3. The lowest BCUT2D eigenvalue weighted by atomic mass is 9.77. The number of rotatable bonds is 3. The Balaban J connectivity index is 1.13. The average molecular weight is 628 g/mol. The molecule has 230 valence electrons. The number of nitrogens with zero attached hydrogens (tertiary/aromatic N) is 1. The van der Waals surface area contributed by atoms with Gasteiger partial charge in [0.15, 0.2) is 5.58 Å². The lowest BCUT2D eigenvalue weighted by Crippen LogP contribution is -2.10. The van der Waals surface area contributed by atoms with E-state index in [4.69, 9.17) is 8.83 Å². The van der Waals surface area contributed by atoms with Gasteiger partial charge in [0.25, 0.3) is 0 Å². The molecule has 49 heavy (non-hydrogen) atoms. The van der Waals surface area contributed by atoms with Crippen LogP contribution < -0.4 is 0 Å². The third kappa shape index (κ3) is 3.84. The van der Waals surface area contributed by atoms with E-state index in [1.54, 1.807) is 0 Å². The number of aromatic nitrogens is 1. The molecule has 0 saturated carbocycles. The number of allylic oxidation sites excluding steroid dienone is 8. The lowest BCUT2D eigenvalue weighted by molar-refractivity contribution is 0.667. The highest BCUT2D eigenvalue weighted by Crippen LogP contribution is 2.45. The molecular weight excluding hydrogens is 599 g/mol. The van der Waals surface area contributed by atoms with Crippen LogP contribution in [-0.2, 0) is 0 Å². The molecule has 2 aliphatic carbocycles. The largest absolute Gasteiger partial charge is 0.456 e. The van der Waals surface area contributed by atoms with Crippen LogP contribution >= 0.6 is 0 Å². The second-order valence-electron chi connectivity index (χ2n) is 13.2. The van der Waals surface area contributed by atoms with Crippen LogP contribution in [0.1, 0.15) is 17.5 Å². The summed E-state index contributed by atoms with van der Waals surface area (Å²) < 4.78 is 15.6. The molecule has 3 aromatic heterocycles. The summed E-state index contributed by atoms with van der Waals surface area (Å²) in [5, 5.41) is 6.92. The van der Waals surface area contributed by atoms with Gasteiger partial charge in [-0.25, -0.2) is 0 Å². The smallest absolute Gasteiger partial charge is 0.160 e. The quantitative estimate of drug-likeness (QED) is 0.195. The van der Waals surface area contributed by atoms with Gasteiger partial charge in [-0.05, 0) is 70.7 Å². The summed E-state index contributed by atoms with van der Waals surface area (Å²) >= 11 is 0. The maximum absolute atomic E-state index is 6.70. The van der Waals surface area contributed by atoms with Crippen molar-refractivity contribution in [3.05, 3.63) is 174 Å². The van der Waals surface area contributed by atoms with Crippen molar-refractivity contribution in [2.75, 3.05) is 0 Å². The summed E-state index contributed by atoms with van der Waals surface area (Å²) in [6, 6.07) is 45.3. The van der Waals surface area contributed by atoms with Gasteiger partial charge in [-0.2, -0.15) is 0 Å². The fourth-order valence-corrected chi connectivity index (χ4v) is 8.38. The zero-order valence-electron chi connectivity index (χ0n) is 26.6. The van der Waals surface area contributed by atoms with Gasteiger partial charge in [-0.15, -0.1) is 0 Å². The van der Waals surface area contributed by atoms with Crippen LogP contribution in [0.25, 0.3) is 82.5 Å². The Kier molecular flexibility index (Phi) is 5.50. The fraction of sp³-hybridized carbons (Fsp3) is 0.0435. The van der Waals surface area contributed by atoms with Gasteiger partial charge in [-0.1, -0.05) is 115 Å². The van der Waals surface area contributed by atoms with Crippen molar-refractivity contribution in [1.29, 1.82) is 0 Å². The van der Waals surface area contributed by atoms with Gasteiger partial charge in [-0.3, -0.25) is 0 Å². The Morgan fingerprint density at radius 3 is 2.33 bits per heavy atom. The second kappa shape index (κ2) is 10.1. The number of para-hydroxylation sites is 2. The van der Waals surface area contributed by atoms with Crippen molar-refractivity contribution in [1.82, 2.24) is 4.57 Å². The van der Waals surface area contributed by atoms with Crippen LogP contribution in [0, 0.1) is 5.92 Å². The molecule has 6 aromatic carbocycles. The maximum atomic E-state index is 6.70. The van der Waals surface area contributed by atoms with E-state index in [1.165, 1.54) is 44.0 Å². The van der Waals surface area contributed by atoms with Crippen LogP contribution in [0.5, 0.6) is 0 Å². The van der Waals surface area contributed by atoms with Gasteiger partial charge in [0.2, 0.25) is 0 Å². The van der Waals surface area contributed by atoms with Gasteiger partial charge in [0.1, 0.15) is 16.7 Å². The first kappa shape index (κ1) is 26.7. The maximum Gasteiger partial charge on any atom is 0.160 e. The summed E-state index contributed by atoms with van der Waals surface area (Å²) in [4.78, 5) is 0. The third-order valence-corrected chi connectivity index (χ3v) is 10.5. The Morgan fingerprint density at radius 1 is 0.592 bits per heavy atom. The summed E-state index contributed by atoms with van der Waals surface area (Å²) in [6.07, 6.45) is 12.3. The highest BCUT2D eigenvalue weighted by Gasteiger charge is 2.26. The average Bonchev–Trinajstić information content (AvgIpc) is 3.84. The second-order valence-corrected chi connectivity index (χ2v) is 13.2. The van der Waals surface area contributed by atoms with E-state index in [9.17, 15) is 0 Å². The zero-order valence-corrected chi connectivity index (χ0v) is 26.6. The minimum Gasteiger partial charge on any atom is -0.456 e. The number of benzene rings is 6. The predicted molar refractivity (Wildman–Crippen MR) is 203 cm³/mol. The van der Waals surface area contributed by atoms with Crippen LogP contribution in [0.15, 0.2) is 172 Å². The molecule has 1 atom stereocenters. The first-order chi connectivity index (χ1) is 24.3. The predicted octanol–water partition coefficient (Wildman–Crippen LogP) is 12.6. The minimum absolute atomic E-state index is 0.339. The van der Waals surface area contributed by atoms with E-state index < -0.39 is 0 Å². The molecule has 9 aromatic rings. The number of furan rings is 2. The molecule has 1 unspecified atom stereocenters. The fourth-order valence-electron chi connectivity index (χ4n) is 8.38. The number of hydrogen-bond acceptors (Lipinski definition) is 2. The van der Waals surface area contributed by atoms with Crippen LogP contribution in [0.4, 0.5) is 0 Å². The van der Waals surface area contributed by atoms with E-state index in [-0.39, 0.29) is 0 Å². The molecule has 0 fully saturated rings. The molecule has 3 heterocycles. The van der Waals surface area contributed by atoms with E-state index in [1.807, 2.05) is 6.07 Å². The van der Waals surface area contributed by atoms with Gasteiger partial charge in [0.05, 0.1) is 16.7 Å². The minimum atomic E-state index is 0.339. The first-order valence-corrected chi connectivity index (χ1v) is 16.9. The Morgan fingerprint density at radius 2 is 1.39 bits per heavy atom. The van der Waals surface area contributed by atoms with Crippen molar-refractivity contribution in [3.63, 3.8) is 0 Å². The summed E-state index contributed by atoms with van der Waals surface area (Å²) in [7, 11) is 0. The van der Waals surface area contributed by atoms with Crippen LogP contribution in [0.3, 0.4) is 0 Å². The van der Waals surface area contributed by atoms with Gasteiger partial charge < -0.3 is 13.4 Å². The van der Waals surface area contributed by atoms with Crippen molar-refractivity contribution in [2.45, 2.75) is 6.42 Å². The van der Waals surface area contributed by atoms with Gasteiger partial charge in [0, 0.05) is 44.3 Å². The van der Waals surface area contributed by atoms with Gasteiger partial charge >= 0.3 is 0 Å². The first-order valence-electron chi connectivity index (χ1n) is 16.9. The summed E-state index contributed by atoms with van der Waals surface area (Å²) in [6.45, 7) is 0. The molecule has 0 amide bonds. The van der Waals surface area contributed by atoms with E-state index in [0.717, 1.165) is 61.6 Å². The molecule has 0 bridgehead atoms. The Hall–Kier alpha value is -6.32. The number of hydrogen-bond donors (Lipinski definition) is 0. The molecule has 0 aliphatic heterocycles. The molecule has 0 saturated heterocycles. The SMILES string of the molecule is C1=CC2=C(c3ccccc3)C=C(c3cccc4oc5cc(-n6c7ccccc7c7ccc8c9ccccc9oc8c76)ccc5c34)CC2C=C1. The highest BCUT2D eigenvalue weighted by molar-refractivity contribution is 6.21. The molecular formula is C46H29NO2. The summed E-state index contributed by atoms with van der Waals surface area (Å²) in [5.74, 6) is 0.339. The van der Waals surface area contributed by atoms with Crippen molar-refractivity contribution in [3.8, 4) is 5.69 Å². The normalized spacial score (nSPS) is 16.2. The molecule has 3 heteroatoms.